The van der Waals surface area contributed by atoms with Crippen LogP contribution in [-0.4, -0.2) is 35.2 Å². The lowest BCUT2D eigenvalue weighted by molar-refractivity contribution is -0.178. The van der Waals surface area contributed by atoms with E-state index in [0.717, 1.165) is 42.5 Å². The maximum Gasteiger partial charge on any atom is 0.187 e. The third-order valence-corrected chi connectivity index (χ3v) is 3.15. The first-order valence-electron chi connectivity index (χ1n) is 5.49. The first kappa shape index (κ1) is 11.8. The van der Waals surface area contributed by atoms with Gasteiger partial charge in [-0.3, -0.25) is 0 Å². The lowest BCUT2D eigenvalue weighted by atomic mass is 10.4. The highest BCUT2D eigenvalue weighted by Gasteiger charge is 2.13. The quantitative estimate of drug-likeness (QED) is 0.595. The zero-order valence-electron chi connectivity index (χ0n) is 9.39. The predicted molar refractivity (Wildman–Crippen MR) is 62.4 cm³/mol. The standard InChI is InChI=1S/C11H16N2O2S/c1-9-7-12-11(13-8-9)16-6-3-10-14-4-2-5-15-10/h7-8,10H,2-6H2,1H3. The van der Waals surface area contributed by atoms with E-state index in [-0.39, 0.29) is 6.29 Å². The molecule has 0 N–H and O–H groups in total. The fraction of sp³-hybridized carbons (Fsp3) is 0.636. The van der Waals surface area contributed by atoms with Gasteiger partial charge in [0, 0.05) is 24.6 Å². The SMILES string of the molecule is Cc1cnc(SCCC2OCCCO2)nc1. The fourth-order valence-electron chi connectivity index (χ4n) is 1.40. The van der Waals surface area contributed by atoms with Crippen molar-refractivity contribution in [2.75, 3.05) is 19.0 Å². The summed E-state index contributed by atoms with van der Waals surface area (Å²) in [5, 5.41) is 0.821. The molecule has 1 aromatic heterocycles. The zero-order chi connectivity index (χ0) is 11.2. The van der Waals surface area contributed by atoms with E-state index in [1.807, 2.05) is 19.3 Å². The summed E-state index contributed by atoms with van der Waals surface area (Å²) in [6, 6.07) is 0. The van der Waals surface area contributed by atoms with Crippen molar-refractivity contribution in [1.29, 1.82) is 0 Å². The van der Waals surface area contributed by atoms with Crippen LogP contribution in [-0.2, 0) is 9.47 Å². The Morgan fingerprint density at radius 1 is 1.31 bits per heavy atom. The van der Waals surface area contributed by atoms with Gasteiger partial charge in [0.1, 0.15) is 0 Å². The van der Waals surface area contributed by atoms with Gasteiger partial charge in [-0.15, -0.1) is 0 Å². The minimum Gasteiger partial charge on any atom is -0.353 e. The second-order valence-electron chi connectivity index (χ2n) is 3.70. The Morgan fingerprint density at radius 2 is 2.00 bits per heavy atom. The summed E-state index contributed by atoms with van der Waals surface area (Å²) in [6.07, 6.45) is 5.53. The predicted octanol–water partition coefficient (Wildman–Crippen LogP) is 2.03. The van der Waals surface area contributed by atoms with Crippen molar-refractivity contribution in [3.63, 3.8) is 0 Å². The van der Waals surface area contributed by atoms with Gasteiger partial charge in [-0.05, 0) is 18.9 Å². The molecule has 1 aliphatic rings. The minimum absolute atomic E-state index is 0.0355. The zero-order valence-corrected chi connectivity index (χ0v) is 10.2. The summed E-state index contributed by atoms with van der Waals surface area (Å²) in [5.41, 5.74) is 1.09. The number of thioether (sulfide) groups is 1. The van der Waals surface area contributed by atoms with Crippen molar-refractivity contribution in [1.82, 2.24) is 9.97 Å². The molecule has 1 aromatic rings. The summed E-state index contributed by atoms with van der Waals surface area (Å²) in [4.78, 5) is 8.46. The normalized spacial score (nSPS) is 17.6. The van der Waals surface area contributed by atoms with Gasteiger partial charge in [0.15, 0.2) is 11.4 Å². The van der Waals surface area contributed by atoms with Crippen molar-refractivity contribution in [3.8, 4) is 0 Å². The summed E-state index contributed by atoms with van der Waals surface area (Å²) in [6.45, 7) is 3.62. The van der Waals surface area contributed by atoms with Crippen molar-refractivity contribution in [3.05, 3.63) is 18.0 Å². The van der Waals surface area contributed by atoms with Crippen LogP contribution >= 0.6 is 11.8 Å². The van der Waals surface area contributed by atoms with Gasteiger partial charge in [0.25, 0.3) is 0 Å². The van der Waals surface area contributed by atoms with Crippen molar-refractivity contribution < 1.29 is 9.47 Å². The van der Waals surface area contributed by atoms with Crippen LogP contribution in [0, 0.1) is 6.92 Å². The van der Waals surface area contributed by atoms with Crippen LogP contribution in [0.15, 0.2) is 17.6 Å². The topological polar surface area (TPSA) is 44.2 Å². The smallest absolute Gasteiger partial charge is 0.187 e. The number of hydrogen-bond donors (Lipinski definition) is 0. The maximum atomic E-state index is 5.46. The molecular weight excluding hydrogens is 224 g/mol. The van der Waals surface area contributed by atoms with E-state index in [1.54, 1.807) is 11.8 Å². The summed E-state index contributed by atoms with van der Waals surface area (Å²) >= 11 is 1.64. The molecule has 1 aliphatic heterocycles. The van der Waals surface area contributed by atoms with Gasteiger partial charge in [0.05, 0.1) is 13.2 Å². The Balaban J connectivity index is 1.69. The van der Waals surface area contributed by atoms with Crippen LogP contribution in [0.25, 0.3) is 0 Å². The van der Waals surface area contributed by atoms with Gasteiger partial charge in [-0.2, -0.15) is 0 Å². The molecule has 88 valence electrons. The van der Waals surface area contributed by atoms with E-state index < -0.39 is 0 Å². The average Bonchev–Trinajstić information content (AvgIpc) is 2.33. The first-order chi connectivity index (χ1) is 7.84. The van der Waals surface area contributed by atoms with Gasteiger partial charge in [0.2, 0.25) is 0 Å². The minimum atomic E-state index is -0.0355. The largest absolute Gasteiger partial charge is 0.353 e. The number of hydrogen-bond acceptors (Lipinski definition) is 5. The number of aromatic nitrogens is 2. The molecular formula is C11H16N2O2S. The van der Waals surface area contributed by atoms with Crippen LogP contribution in [0.2, 0.25) is 0 Å². The van der Waals surface area contributed by atoms with Crippen LogP contribution in [0.4, 0.5) is 0 Å². The van der Waals surface area contributed by atoms with E-state index in [1.165, 1.54) is 0 Å². The molecule has 1 saturated heterocycles. The van der Waals surface area contributed by atoms with Crippen molar-refractivity contribution in [2.45, 2.75) is 31.2 Å². The number of ether oxygens (including phenoxy) is 2. The molecule has 2 heterocycles. The highest BCUT2D eigenvalue weighted by Crippen LogP contribution is 2.17. The van der Waals surface area contributed by atoms with E-state index >= 15 is 0 Å². The van der Waals surface area contributed by atoms with Gasteiger partial charge in [-0.25, -0.2) is 9.97 Å². The van der Waals surface area contributed by atoms with Crippen LogP contribution in [0.3, 0.4) is 0 Å². The average molecular weight is 240 g/mol. The Bertz CT molecular complexity index is 312. The van der Waals surface area contributed by atoms with Crippen molar-refractivity contribution in [2.24, 2.45) is 0 Å². The molecule has 0 bridgehead atoms. The molecule has 16 heavy (non-hydrogen) atoms. The van der Waals surface area contributed by atoms with Crippen LogP contribution in [0.1, 0.15) is 18.4 Å². The van der Waals surface area contributed by atoms with E-state index in [0.29, 0.717) is 0 Å². The van der Waals surface area contributed by atoms with Crippen molar-refractivity contribution >= 4 is 11.8 Å². The van der Waals surface area contributed by atoms with Crippen LogP contribution in [0.5, 0.6) is 0 Å². The molecule has 0 spiro atoms. The van der Waals surface area contributed by atoms with Gasteiger partial charge >= 0.3 is 0 Å². The molecule has 1 fully saturated rings. The fourth-order valence-corrected chi connectivity index (χ4v) is 2.15. The second kappa shape index (κ2) is 6.18. The summed E-state index contributed by atoms with van der Waals surface area (Å²) in [5.74, 6) is 0.924. The lowest BCUT2D eigenvalue weighted by Crippen LogP contribution is -2.25. The summed E-state index contributed by atoms with van der Waals surface area (Å²) < 4.78 is 10.9. The molecule has 0 saturated carbocycles. The van der Waals surface area contributed by atoms with E-state index in [4.69, 9.17) is 9.47 Å². The molecule has 0 unspecified atom stereocenters. The first-order valence-corrected chi connectivity index (χ1v) is 6.48. The Hall–Kier alpha value is -0.650. The molecule has 0 radical (unpaired) electrons. The number of rotatable bonds is 4. The third-order valence-electron chi connectivity index (χ3n) is 2.24. The van der Waals surface area contributed by atoms with Gasteiger partial charge < -0.3 is 9.47 Å². The highest BCUT2D eigenvalue weighted by atomic mass is 32.2. The highest BCUT2D eigenvalue weighted by molar-refractivity contribution is 7.99. The van der Waals surface area contributed by atoms with Crippen LogP contribution < -0.4 is 0 Å². The van der Waals surface area contributed by atoms with E-state index in [9.17, 15) is 0 Å². The molecule has 0 aromatic carbocycles. The number of aryl methyl sites for hydroxylation is 1. The Labute approximate surface area is 99.8 Å². The summed E-state index contributed by atoms with van der Waals surface area (Å²) in [7, 11) is 0. The molecule has 5 heteroatoms. The molecule has 2 rings (SSSR count). The Kier molecular flexibility index (Phi) is 4.56. The third kappa shape index (κ3) is 3.73. The lowest BCUT2D eigenvalue weighted by Gasteiger charge is -2.22. The second-order valence-corrected chi connectivity index (χ2v) is 4.77. The molecule has 4 nitrogen and oxygen atoms in total. The monoisotopic (exact) mass is 240 g/mol. The molecule has 0 atom stereocenters. The number of nitrogens with zero attached hydrogens (tertiary/aromatic N) is 2. The maximum absolute atomic E-state index is 5.46. The molecule has 0 aliphatic carbocycles. The van der Waals surface area contributed by atoms with E-state index in [2.05, 4.69) is 9.97 Å². The Morgan fingerprint density at radius 3 is 2.69 bits per heavy atom. The molecule has 0 amide bonds. The van der Waals surface area contributed by atoms with Gasteiger partial charge in [-0.1, -0.05) is 11.8 Å².